The molecule has 1 unspecified atom stereocenters. The normalized spacial score (nSPS) is 14.2. The van der Waals surface area contributed by atoms with Crippen LogP contribution in [0.15, 0.2) is 66.7 Å². The van der Waals surface area contributed by atoms with Gasteiger partial charge in [-0.2, -0.15) is 0 Å². The first-order valence-corrected chi connectivity index (χ1v) is 9.90. The van der Waals surface area contributed by atoms with Gasteiger partial charge in [0.15, 0.2) is 6.61 Å². The Bertz CT molecular complexity index is 1030. The Hall–Kier alpha value is -3.34. The minimum absolute atomic E-state index is 0.0434. The average Bonchev–Trinajstić information content (AvgIpc) is 3.58. The molecule has 0 bridgehead atoms. The maximum absolute atomic E-state index is 12.3. The van der Waals surface area contributed by atoms with Crippen molar-refractivity contribution in [1.29, 1.82) is 0 Å². The summed E-state index contributed by atoms with van der Waals surface area (Å²) in [5.41, 5.74) is 1.75. The average molecular weight is 388 g/mol. The second-order valence-corrected chi connectivity index (χ2v) is 7.47. The van der Waals surface area contributed by atoms with Gasteiger partial charge in [-0.1, -0.05) is 42.5 Å². The van der Waals surface area contributed by atoms with Crippen LogP contribution < -0.4 is 15.4 Å². The van der Waals surface area contributed by atoms with Gasteiger partial charge in [-0.25, -0.2) is 0 Å². The Morgan fingerprint density at radius 3 is 2.45 bits per heavy atom. The molecule has 1 aliphatic rings. The molecule has 148 valence electrons. The molecule has 1 aliphatic carbocycles. The van der Waals surface area contributed by atoms with Crippen molar-refractivity contribution >= 4 is 28.3 Å². The Balaban J connectivity index is 1.28. The summed E-state index contributed by atoms with van der Waals surface area (Å²) < 4.78 is 5.64. The van der Waals surface area contributed by atoms with E-state index >= 15 is 0 Å². The lowest BCUT2D eigenvalue weighted by Gasteiger charge is -2.15. The van der Waals surface area contributed by atoms with Gasteiger partial charge in [0.1, 0.15) is 5.75 Å². The molecule has 0 saturated heterocycles. The van der Waals surface area contributed by atoms with E-state index in [0.29, 0.717) is 5.75 Å². The smallest absolute Gasteiger partial charge is 0.258 e. The third-order valence-electron chi connectivity index (χ3n) is 5.09. The highest BCUT2D eigenvalue weighted by Gasteiger charge is 2.29. The van der Waals surface area contributed by atoms with E-state index in [4.69, 9.17) is 4.74 Å². The fourth-order valence-electron chi connectivity index (χ4n) is 3.22. The highest BCUT2D eigenvalue weighted by atomic mass is 16.5. The SMILES string of the molecule is CC(NC(=O)COc1ccc2ccccc2c1)c1ccc(NC(=O)C2CC2)cc1. The van der Waals surface area contributed by atoms with Gasteiger partial charge in [0, 0.05) is 11.6 Å². The predicted octanol–water partition coefficient (Wildman–Crippen LogP) is 4.44. The highest BCUT2D eigenvalue weighted by Crippen LogP contribution is 2.30. The standard InChI is InChI=1S/C24H24N2O3/c1-16(17-8-11-21(12-9-17)26-24(28)19-6-7-19)25-23(27)15-29-22-13-10-18-4-2-3-5-20(18)14-22/h2-5,8-14,16,19H,6-7,15H2,1H3,(H,25,27)(H,26,28). The van der Waals surface area contributed by atoms with Crippen LogP contribution in [0.5, 0.6) is 5.75 Å². The monoisotopic (exact) mass is 388 g/mol. The van der Waals surface area contributed by atoms with Crippen molar-refractivity contribution in [2.75, 3.05) is 11.9 Å². The molecule has 2 N–H and O–H groups in total. The van der Waals surface area contributed by atoms with Crippen molar-refractivity contribution in [1.82, 2.24) is 5.32 Å². The zero-order chi connectivity index (χ0) is 20.2. The summed E-state index contributed by atoms with van der Waals surface area (Å²) in [5.74, 6) is 0.750. The molecule has 3 aromatic rings. The highest BCUT2D eigenvalue weighted by molar-refractivity contribution is 5.94. The zero-order valence-electron chi connectivity index (χ0n) is 16.4. The number of hydrogen-bond donors (Lipinski definition) is 2. The third-order valence-corrected chi connectivity index (χ3v) is 5.09. The molecule has 0 spiro atoms. The predicted molar refractivity (Wildman–Crippen MR) is 114 cm³/mol. The van der Waals surface area contributed by atoms with Crippen molar-refractivity contribution in [3.05, 3.63) is 72.3 Å². The molecule has 5 nitrogen and oxygen atoms in total. The largest absolute Gasteiger partial charge is 0.484 e. The summed E-state index contributed by atoms with van der Waals surface area (Å²) in [6.45, 7) is 1.88. The van der Waals surface area contributed by atoms with Crippen LogP contribution in [0.4, 0.5) is 5.69 Å². The van der Waals surface area contributed by atoms with Gasteiger partial charge in [-0.15, -0.1) is 0 Å². The van der Waals surface area contributed by atoms with Crippen LogP contribution in [0.2, 0.25) is 0 Å². The first kappa shape index (κ1) is 19.0. The summed E-state index contributed by atoms with van der Waals surface area (Å²) in [6, 6.07) is 21.2. The van der Waals surface area contributed by atoms with E-state index in [2.05, 4.69) is 10.6 Å². The number of benzene rings is 3. The minimum Gasteiger partial charge on any atom is -0.484 e. The lowest BCUT2D eigenvalue weighted by molar-refractivity contribution is -0.123. The lowest BCUT2D eigenvalue weighted by atomic mass is 10.1. The van der Waals surface area contributed by atoms with E-state index < -0.39 is 0 Å². The van der Waals surface area contributed by atoms with Crippen LogP contribution in [-0.4, -0.2) is 18.4 Å². The van der Waals surface area contributed by atoms with Crippen molar-refractivity contribution < 1.29 is 14.3 Å². The quantitative estimate of drug-likeness (QED) is 0.629. The number of ether oxygens (including phenoxy) is 1. The van der Waals surface area contributed by atoms with Gasteiger partial charge < -0.3 is 15.4 Å². The number of anilines is 1. The molecule has 0 radical (unpaired) electrons. The lowest BCUT2D eigenvalue weighted by Crippen LogP contribution is -2.31. The number of carbonyl (C=O) groups excluding carboxylic acids is 2. The van der Waals surface area contributed by atoms with Crippen LogP contribution in [0.1, 0.15) is 31.4 Å². The first-order valence-electron chi connectivity index (χ1n) is 9.90. The van der Waals surface area contributed by atoms with Crippen molar-refractivity contribution in [3.63, 3.8) is 0 Å². The van der Waals surface area contributed by atoms with E-state index in [9.17, 15) is 9.59 Å². The van der Waals surface area contributed by atoms with Gasteiger partial charge in [-0.3, -0.25) is 9.59 Å². The molecule has 4 rings (SSSR count). The minimum atomic E-state index is -0.184. The molecule has 1 saturated carbocycles. The summed E-state index contributed by atoms with van der Waals surface area (Å²) in [6.07, 6.45) is 1.96. The number of hydrogen-bond acceptors (Lipinski definition) is 3. The molecule has 29 heavy (non-hydrogen) atoms. The molecule has 0 heterocycles. The fourth-order valence-corrected chi connectivity index (χ4v) is 3.22. The van der Waals surface area contributed by atoms with Crippen LogP contribution >= 0.6 is 0 Å². The summed E-state index contributed by atoms with van der Waals surface area (Å²) >= 11 is 0. The van der Waals surface area contributed by atoms with Crippen LogP contribution in [0.25, 0.3) is 10.8 Å². The van der Waals surface area contributed by atoms with Crippen molar-refractivity contribution in [3.8, 4) is 5.75 Å². The third kappa shape index (κ3) is 4.93. The second kappa shape index (κ2) is 8.35. The zero-order valence-corrected chi connectivity index (χ0v) is 16.4. The molecule has 1 fully saturated rings. The molecule has 3 aromatic carbocycles. The van der Waals surface area contributed by atoms with E-state index in [0.717, 1.165) is 34.9 Å². The molecular formula is C24H24N2O3. The van der Waals surface area contributed by atoms with Crippen LogP contribution in [-0.2, 0) is 9.59 Å². The Labute approximate surface area is 170 Å². The molecular weight excluding hydrogens is 364 g/mol. The van der Waals surface area contributed by atoms with Gasteiger partial charge in [0.2, 0.25) is 5.91 Å². The maximum atomic E-state index is 12.3. The Morgan fingerprint density at radius 2 is 1.72 bits per heavy atom. The number of nitrogens with one attached hydrogen (secondary N) is 2. The Morgan fingerprint density at radius 1 is 1.00 bits per heavy atom. The van der Waals surface area contributed by atoms with Gasteiger partial charge in [0.05, 0.1) is 6.04 Å². The Kier molecular flexibility index (Phi) is 5.47. The number of carbonyl (C=O) groups is 2. The summed E-state index contributed by atoms with van der Waals surface area (Å²) in [4.78, 5) is 24.1. The molecule has 5 heteroatoms. The van der Waals surface area contributed by atoms with Gasteiger partial charge in [-0.05, 0) is 60.4 Å². The van der Waals surface area contributed by atoms with E-state index in [-0.39, 0.29) is 30.4 Å². The number of rotatable bonds is 7. The summed E-state index contributed by atoms with van der Waals surface area (Å²) in [7, 11) is 0. The number of amides is 2. The second-order valence-electron chi connectivity index (χ2n) is 7.47. The van der Waals surface area contributed by atoms with E-state index in [1.165, 1.54) is 0 Å². The maximum Gasteiger partial charge on any atom is 0.258 e. The molecule has 0 aromatic heterocycles. The molecule has 2 amide bonds. The van der Waals surface area contributed by atoms with Crippen molar-refractivity contribution in [2.24, 2.45) is 5.92 Å². The summed E-state index contributed by atoms with van der Waals surface area (Å²) in [5, 5.41) is 8.07. The number of fused-ring (bicyclic) bond motifs is 1. The first-order chi connectivity index (χ1) is 14.1. The van der Waals surface area contributed by atoms with Crippen LogP contribution in [0, 0.1) is 5.92 Å². The van der Waals surface area contributed by atoms with Gasteiger partial charge >= 0.3 is 0 Å². The topological polar surface area (TPSA) is 67.4 Å². The fraction of sp³-hybridized carbons (Fsp3) is 0.250. The molecule has 0 aliphatic heterocycles. The van der Waals surface area contributed by atoms with E-state index in [1.54, 1.807) is 0 Å². The van der Waals surface area contributed by atoms with Gasteiger partial charge in [0.25, 0.3) is 5.91 Å². The van der Waals surface area contributed by atoms with Crippen molar-refractivity contribution in [2.45, 2.75) is 25.8 Å². The molecule has 1 atom stereocenters. The van der Waals surface area contributed by atoms with Crippen LogP contribution in [0.3, 0.4) is 0 Å². The van der Waals surface area contributed by atoms with E-state index in [1.807, 2.05) is 73.7 Å².